The van der Waals surface area contributed by atoms with Crippen LogP contribution in [0.2, 0.25) is 0 Å². The summed E-state index contributed by atoms with van der Waals surface area (Å²) in [6.45, 7) is 2.77. The molecule has 2 heterocycles. The third-order valence-corrected chi connectivity index (χ3v) is 2.63. The van der Waals surface area contributed by atoms with Gasteiger partial charge in [-0.3, -0.25) is 0 Å². The molecule has 0 spiro atoms. The molecule has 1 aromatic rings. The Morgan fingerprint density at radius 1 is 1.62 bits per heavy atom. The van der Waals surface area contributed by atoms with Crippen LogP contribution in [0.25, 0.3) is 0 Å². The smallest absolute Gasteiger partial charge is 0.145 e. The Hall–Kier alpha value is -1.44. The Bertz CT molecular complexity index is 381. The SMILES string of the molecule is N#Cc1ncccc1COCC1CCOC1. The Balaban J connectivity index is 1.82. The van der Waals surface area contributed by atoms with E-state index in [0.29, 0.717) is 24.8 Å². The van der Waals surface area contributed by atoms with Gasteiger partial charge in [0.1, 0.15) is 11.8 Å². The van der Waals surface area contributed by atoms with Gasteiger partial charge in [0.05, 0.1) is 19.8 Å². The molecular weight excluding hydrogens is 204 g/mol. The van der Waals surface area contributed by atoms with Gasteiger partial charge < -0.3 is 9.47 Å². The molecule has 0 amide bonds. The van der Waals surface area contributed by atoms with Gasteiger partial charge in [-0.1, -0.05) is 6.07 Å². The molecule has 1 saturated heterocycles. The summed E-state index contributed by atoms with van der Waals surface area (Å²) in [5.41, 5.74) is 1.30. The maximum atomic E-state index is 8.84. The molecule has 1 fully saturated rings. The molecule has 0 aromatic carbocycles. The number of nitriles is 1. The number of hydrogen-bond acceptors (Lipinski definition) is 4. The highest BCUT2D eigenvalue weighted by Gasteiger charge is 2.15. The summed E-state index contributed by atoms with van der Waals surface area (Å²) in [6.07, 6.45) is 2.69. The first kappa shape index (κ1) is 11.1. The van der Waals surface area contributed by atoms with E-state index in [1.807, 2.05) is 12.1 Å². The predicted octanol–water partition coefficient (Wildman–Crippen LogP) is 1.51. The van der Waals surface area contributed by atoms with Crippen molar-refractivity contribution in [3.8, 4) is 6.07 Å². The van der Waals surface area contributed by atoms with Crippen molar-refractivity contribution < 1.29 is 9.47 Å². The van der Waals surface area contributed by atoms with E-state index in [1.165, 1.54) is 0 Å². The van der Waals surface area contributed by atoms with E-state index in [4.69, 9.17) is 14.7 Å². The zero-order chi connectivity index (χ0) is 11.2. The van der Waals surface area contributed by atoms with Gasteiger partial charge >= 0.3 is 0 Å². The lowest BCUT2D eigenvalue weighted by Crippen LogP contribution is -2.09. The average Bonchev–Trinajstić information content (AvgIpc) is 2.83. The highest BCUT2D eigenvalue weighted by atomic mass is 16.5. The van der Waals surface area contributed by atoms with E-state index in [9.17, 15) is 0 Å². The van der Waals surface area contributed by atoms with Gasteiger partial charge in [0.2, 0.25) is 0 Å². The van der Waals surface area contributed by atoms with Crippen LogP contribution in [0.3, 0.4) is 0 Å². The van der Waals surface area contributed by atoms with E-state index >= 15 is 0 Å². The Morgan fingerprint density at radius 2 is 2.56 bits per heavy atom. The van der Waals surface area contributed by atoms with Crippen LogP contribution in [-0.4, -0.2) is 24.8 Å². The van der Waals surface area contributed by atoms with E-state index in [2.05, 4.69) is 11.1 Å². The lowest BCUT2D eigenvalue weighted by atomic mass is 10.1. The number of aromatic nitrogens is 1. The topological polar surface area (TPSA) is 55.1 Å². The molecular formula is C12H14N2O2. The first-order valence-corrected chi connectivity index (χ1v) is 5.39. The normalized spacial score (nSPS) is 19.6. The second-order valence-electron chi connectivity index (χ2n) is 3.87. The summed E-state index contributed by atoms with van der Waals surface area (Å²) in [5, 5.41) is 8.84. The van der Waals surface area contributed by atoms with Crippen molar-refractivity contribution in [1.82, 2.24) is 4.98 Å². The van der Waals surface area contributed by atoms with Crippen LogP contribution in [0, 0.1) is 17.2 Å². The molecule has 1 aliphatic rings. The second kappa shape index (κ2) is 5.59. The van der Waals surface area contributed by atoms with Crippen LogP contribution in [-0.2, 0) is 16.1 Å². The quantitative estimate of drug-likeness (QED) is 0.768. The highest BCUT2D eigenvalue weighted by molar-refractivity contribution is 5.29. The molecule has 16 heavy (non-hydrogen) atoms. The monoisotopic (exact) mass is 218 g/mol. The lowest BCUT2D eigenvalue weighted by molar-refractivity contribution is 0.0789. The van der Waals surface area contributed by atoms with Crippen LogP contribution in [0.5, 0.6) is 0 Å². The fourth-order valence-corrected chi connectivity index (χ4v) is 1.71. The van der Waals surface area contributed by atoms with Gasteiger partial charge in [0, 0.05) is 24.3 Å². The fourth-order valence-electron chi connectivity index (χ4n) is 1.71. The van der Waals surface area contributed by atoms with Crippen molar-refractivity contribution in [2.24, 2.45) is 5.92 Å². The van der Waals surface area contributed by atoms with Gasteiger partial charge in [-0.25, -0.2) is 4.98 Å². The van der Waals surface area contributed by atoms with E-state index in [1.54, 1.807) is 6.20 Å². The standard InChI is InChI=1S/C12H14N2O2/c13-6-12-11(2-1-4-14-12)9-16-8-10-3-5-15-7-10/h1-2,4,10H,3,5,7-9H2. The van der Waals surface area contributed by atoms with Gasteiger partial charge in [-0.05, 0) is 12.5 Å². The summed E-state index contributed by atoms with van der Waals surface area (Å²) >= 11 is 0. The van der Waals surface area contributed by atoms with Crippen molar-refractivity contribution in [3.63, 3.8) is 0 Å². The molecule has 0 N–H and O–H groups in total. The fraction of sp³-hybridized carbons (Fsp3) is 0.500. The molecule has 0 saturated carbocycles. The second-order valence-corrected chi connectivity index (χ2v) is 3.87. The molecule has 1 atom stereocenters. The zero-order valence-electron chi connectivity index (χ0n) is 9.06. The molecule has 84 valence electrons. The van der Waals surface area contributed by atoms with E-state index < -0.39 is 0 Å². The Labute approximate surface area is 94.8 Å². The number of ether oxygens (including phenoxy) is 2. The zero-order valence-corrected chi connectivity index (χ0v) is 9.06. The molecule has 1 aromatic heterocycles. The molecule has 1 unspecified atom stereocenters. The van der Waals surface area contributed by atoms with Gasteiger partial charge in [0.25, 0.3) is 0 Å². The molecule has 0 aliphatic carbocycles. The van der Waals surface area contributed by atoms with Crippen molar-refractivity contribution >= 4 is 0 Å². The lowest BCUT2D eigenvalue weighted by Gasteiger charge is -2.09. The number of pyridine rings is 1. The maximum absolute atomic E-state index is 8.84. The number of hydrogen-bond donors (Lipinski definition) is 0. The minimum atomic E-state index is 0.449. The molecule has 0 radical (unpaired) electrons. The van der Waals surface area contributed by atoms with Crippen molar-refractivity contribution in [2.45, 2.75) is 13.0 Å². The first-order chi connectivity index (χ1) is 7.90. The van der Waals surface area contributed by atoms with Crippen LogP contribution >= 0.6 is 0 Å². The minimum Gasteiger partial charge on any atom is -0.381 e. The maximum Gasteiger partial charge on any atom is 0.145 e. The summed E-state index contributed by atoms with van der Waals surface area (Å²) in [4.78, 5) is 3.98. The third-order valence-electron chi connectivity index (χ3n) is 2.63. The van der Waals surface area contributed by atoms with E-state index in [-0.39, 0.29) is 0 Å². The minimum absolute atomic E-state index is 0.449. The third kappa shape index (κ3) is 2.78. The van der Waals surface area contributed by atoms with Crippen molar-refractivity contribution in [1.29, 1.82) is 5.26 Å². The molecule has 0 bridgehead atoms. The van der Waals surface area contributed by atoms with Crippen LogP contribution in [0.15, 0.2) is 18.3 Å². The van der Waals surface area contributed by atoms with Crippen molar-refractivity contribution in [3.05, 3.63) is 29.6 Å². The van der Waals surface area contributed by atoms with Crippen molar-refractivity contribution in [2.75, 3.05) is 19.8 Å². The summed E-state index contributed by atoms with van der Waals surface area (Å²) in [5.74, 6) is 0.502. The van der Waals surface area contributed by atoms with Gasteiger partial charge in [-0.2, -0.15) is 5.26 Å². The molecule has 4 nitrogen and oxygen atoms in total. The summed E-state index contributed by atoms with van der Waals surface area (Å²) in [7, 11) is 0. The summed E-state index contributed by atoms with van der Waals surface area (Å²) < 4.78 is 10.8. The summed E-state index contributed by atoms with van der Waals surface area (Å²) in [6, 6.07) is 5.75. The van der Waals surface area contributed by atoms with Crippen LogP contribution in [0.4, 0.5) is 0 Å². The van der Waals surface area contributed by atoms with Crippen LogP contribution in [0.1, 0.15) is 17.7 Å². The first-order valence-electron chi connectivity index (χ1n) is 5.39. The number of nitrogens with zero attached hydrogens (tertiary/aromatic N) is 2. The molecule has 2 rings (SSSR count). The Kier molecular flexibility index (Phi) is 3.86. The van der Waals surface area contributed by atoms with Crippen LogP contribution < -0.4 is 0 Å². The largest absolute Gasteiger partial charge is 0.381 e. The average molecular weight is 218 g/mol. The Morgan fingerprint density at radius 3 is 3.31 bits per heavy atom. The molecule has 1 aliphatic heterocycles. The number of rotatable bonds is 4. The molecule has 4 heteroatoms. The predicted molar refractivity (Wildman–Crippen MR) is 57.5 cm³/mol. The van der Waals surface area contributed by atoms with Gasteiger partial charge in [-0.15, -0.1) is 0 Å². The van der Waals surface area contributed by atoms with E-state index in [0.717, 1.165) is 25.2 Å². The van der Waals surface area contributed by atoms with Gasteiger partial charge in [0.15, 0.2) is 0 Å². The highest BCUT2D eigenvalue weighted by Crippen LogP contribution is 2.14.